The molecule has 0 N–H and O–H groups in total. The summed E-state index contributed by atoms with van der Waals surface area (Å²) in [6.07, 6.45) is 5.00. The minimum atomic E-state index is -3.08. The number of nitrogens with zero attached hydrogens (tertiary/aromatic N) is 6. The molecule has 9 heteroatoms. The number of hydrogen-bond donors (Lipinski definition) is 0. The second kappa shape index (κ2) is 5.82. The van der Waals surface area contributed by atoms with Crippen LogP contribution in [0.3, 0.4) is 0 Å². The quantitative estimate of drug-likeness (QED) is 0.804. The smallest absolute Gasteiger partial charge is 0.217 e. The van der Waals surface area contributed by atoms with Crippen LogP contribution < -0.4 is 4.90 Å². The van der Waals surface area contributed by atoms with Gasteiger partial charge in [0.2, 0.25) is 10.0 Å². The number of aromatic nitrogens is 4. The average Bonchev–Trinajstić information content (AvgIpc) is 3.38. The highest BCUT2D eigenvalue weighted by Gasteiger charge is 2.41. The monoisotopic (exact) mass is 348 g/mol. The molecule has 4 rings (SSSR count). The third-order valence-corrected chi connectivity index (χ3v) is 6.86. The van der Waals surface area contributed by atoms with Crippen LogP contribution in [0.1, 0.15) is 18.5 Å². The zero-order chi connectivity index (χ0) is 16.7. The first-order chi connectivity index (χ1) is 11.5. The summed E-state index contributed by atoms with van der Waals surface area (Å²) in [6, 6.07) is 3.81. The van der Waals surface area contributed by atoms with Crippen molar-refractivity contribution in [3.05, 3.63) is 30.4 Å². The maximum atomic E-state index is 12.3. The van der Waals surface area contributed by atoms with E-state index in [1.165, 1.54) is 6.33 Å². The molecule has 1 aliphatic carbocycles. The fourth-order valence-corrected chi connectivity index (χ4v) is 4.75. The van der Waals surface area contributed by atoms with Gasteiger partial charge in [0.1, 0.15) is 12.1 Å². The molecule has 1 saturated heterocycles. The van der Waals surface area contributed by atoms with Gasteiger partial charge in [-0.25, -0.2) is 23.1 Å². The molecule has 0 radical (unpaired) electrons. The van der Waals surface area contributed by atoms with Gasteiger partial charge in [-0.15, -0.1) is 0 Å². The normalized spacial score (nSPS) is 19.6. The van der Waals surface area contributed by atoms with E-state index in [0.717, 1.165) is 24.4 Å². The molecule has 0 amide bonds. The van der Waals surface area contributed by atoms with E-state index in [9.17, 15) is 8.42 Å². The van der Waals surface area contributed by atoms with Crippen LogP contribution >= 0.6 is 0 Å². The fourth-order valence-electron chi connectivity index (χ4n) is 2.93. The van der Waals surface area contributed by atoms with Crippen LogP contribution in [0.5, 0.6) is 0 Å². The van der Waals surface area contributed by atoms with E-state index in [1.807, 2.05) is 25.3 Å². The molecule has 0 spiro atoms. The van der Waals surface area contributed by atoms with Crippen LogP contribution in [-0.4, -0.2) is 63.9 Å². The topological polar surface area (TPSA) is 84.2 Å². The van der Waals surface area contributed by atoms with Crippen molar-refractivity contribution in [2.75, 3.05) is 31.1 Å². The Morgan fingerprint density at radius 2 is 1.79 bits per heavy atom. The Morgan fingerprint density at radius 3 is 2.42 bits per heavy atom. The minimum Gasteiger partial charge on any atom is -0.354 e. The molecular formula is C15H20N6O2S. The van der Waals surface area contributed by atoms with Gasteiger partial charge in [0.25, 0.3) is 0 Å². The molecule has 0 aromatic carbocycles. The number of piperazine rings is 1. The van der Waals surface area contributed by atoms with Crippen LogP contribution in [0.25, 0.3) is 5.82 Å². The van der Waals surface area contributed by atoms with Gasteiger partial charge in [0, 0.05) is 38.4 Å². The Bertz CT molecular complexity index is 837. The number of hydrogen-bond acceptors (Lipinski definition) is 6. The SMILES string of the molecule is Cc1ccn(-c2cc(N3CCN(S(=O)(=O)C4CC4)CC3)ncn2)n1. The Hall–Kier alpha value is -2.00. The summed E-state index contributed by atoms with van der Waals surface area (Å²) in [6.45, 7) is 4.23. The van der Waals surface area contributed by atoms with Gasteiger partial charge in [-0.3, -0.25) is 0 Å². The lowest BCUT2D eigenvalue weighted by Crippen LogP contribution is -2.49. The summed E-state index contributed by atoms with van der Waals surface area (Å²) in [4.78, 5) is 10.7. The minimum absolute atomic E-state index is 0.141. The van der Waals surface area contributed by atoms with E-state index in [-0.39, 0.29) is 5.25 Å². The standard InChI is InChI=1S/C15H20N6O2S/c1-12-4-5-21(18-12)15-10-14(16-11-17-15)19-6-8-20(9-7-19)24(22,23)13-2-3-13/h4-5,10-11,13H,2-3,6-9H2,1H3. The number of rotatable bonds is 4. The van der Waals surface area contributed by atoms with Crippen molar-refractivity contribution in [1.29, 1.82) is 0 Å². The van der Waals surface area contributed by atoms with Gasteiger partial charge in [-0.2, -0.15) is 9.40 Å². The molecule has 24 heavy (non-hydrogen) atoms. The fraction of sp³-hybridized carbons (Fsp3) is 0.533. The summed E-state index contributed by atoms with van der Waals surface area (Å²) in [5.74, 6) is 1.51. The van der Waals surface area contributed by atoms with E-state index in [4.69, 9.17) is 0 Å². The van der Waals surface area contributed by atoms with Crippen LogP contribution in [0.2, 0.25) is 0 Å². The second-order valence-corrected chi connectivity index (χ2v) is 8.48. The van der Waals surface area contributed by atoms with Crippen LogP contribution in [0, 0.1) is 6.92 Å². The molecular weight excluding hydrogens is 328 g/mol. The van der Waals surface area contributed by atoms with E-state index in [2.05, 4.69) is 20.0 Å². The lowest BCUT2D eigenvalue weighted by Gasteiger charge is -2.34. The second-order valence-electron chi connectivity index (χ2n) is 6.27. The van der Waals surface area contributed by atoms with Crippen molar-refractivity contribution in [2.45, 2.75) is 25.0 Å². The number of anilines is 1. The first-order valence-corrected chi connectivity index (χ1v) is 9.63. The predicted molar refractivity (Wildman–Crippen MR) is 89.6 cm³/mol. The average molecular weight is 348 g/mol. The number of sulfonamides is 1. The maximum absolute atomic E-state index is 12.3. The lowest BCUT2D eigenvalue weighted by molar-refractivity contribution is 0.383. The zero-order valence-corrected chi connectivity index (χ0v) is 14.4. The molecule has 1 saturated carbocycles. The molecule has 1 aliphatic heterocycles. The highest BCUT2D eigenvalue weighted by molar-refractivity contribution is 7.90. The Balaban J connectivity index is 1.48. The van der Waals surface area contributed by atoms with Gasteiger partial charge >= 0.3 is 0 Å². The predicted octanol–water partition coefficient (Wildman–Crippen LogP) is 0.585. The maximum Gasteiger partial charge on any atom is 0.217 e. The van der Waals surface area contributed by atoms with Crippen molar-refractivity contribution >= 4 is 15.8 Å². The van der Waals surface area contributed by atoms with Crippen molar-refractivity contribution in [3.8, 4) is 5.82 Å². The molecule has 0 bridgehead atoms. The Morgan fingerprint density at radius 1 is 1.08 bits per heavy atom. The van der Waals surface area contributed by atoms with Gasteiger partial charge in [0.05, 0.1) is 10.9 Å². The van der Waals surface area contributed by atoms with E-state index in [0.29, 0.717) is 32.0 Å². The highest BCUT2D eigenvalue weighted by Crippen LogP contribution is 2.31. The number of aryl methyl sites for hydroxylation is 1. The lowest BCUT2D eigenvalue weighted by atomic mass is 10.3. The molecule has 3 heterocycles. The van der Waals surface area contributed by atoms with Gasteiger partial charge in [-0.1, -0.05) is 0 Å². The van der Waals surface area contributed by atoms with Crippen molar-refractivity contribution in [3.63, 3.8) is 0 Å². The van der Waals surface area contributed by atoms with Crippen molar-refractivity contribution in [1.82, 2.24) is 24.1 Å². The zero-order valence-electron chi connectivity index (χ0n) is 13.5. The summed E-state index contributed by atoms with van der Waals surface area (Å²) >= 11 is 0. The third-order valence-electron chi connectivity index (χ3n) is 4.46. The van der Waals surface area contributed by atoms with Crippen molar-refractivity contribution in [2.24, 2.45) is 0 Å². The molecule has 2 fully saturated rings. The third kappa shape index (κ3) is 2.89. The van der Waals surface area contributed by atoms with Crippen LogP contribution in [-0.2, 0) is 10.0 Å². The molecule has 2 aromatic heterocycles. The molecule has 0 unspecified atom stereocenters. The first-order valence-electron chi connectivity index (χ1n) is 8.13. The van der Waals surface area contributed by atoms with E-state index >= 15 is 0 Å². The van der Waals surface area contributed by atoms with Gasteiger partial charge in [-0.05, 0) is 25.8 Å². The summed E-state index contributed by atoms with van der Waals surface area (Å²) in [5, 5.41) is 4.22. The summed E-state index contributed by atoms with van der Waals surface area (Å²) in [5.41, 5.74) is 0.925. The summed E-state index contributed by atoms with van der Waals surface area (Å²) in [7, 11) is -3.08. The van der Waals surface area contributed by atoms with E-state index < -0.39 is 10.0 Å². The molecule has 2 aliphatic rings. The molecule has 2 aromatic rings. The summed E-state index contributed by atoms with van der Waals surface area (Å²) < 4.78 is 27.9. The largest absolute Gasteiger partial charge is 0.354 e. The molecule has 0 atom stereocenters. The molecule has 8 nitrogen and oxygen atoms in total. The first kappa shape index (κ1) is 15.5. The van der Waals surface area contributed by atoms with Crippen molar-refractivity contribution < 1.29 is 8.42 Å². The molecule has 128 valence electrons. The highest BCUT2D eigenvalue weighted by atomic mass is 32.2. The van der Waals surface area contributed by atoms with Gasteiger partial charge < -0.3 is 4.90 Å². The van der Waals surface area contributed by atoms with E-state index in [1.54, 1.807) is 8.99 Å². The Kier molecular flexibility index (Phi) is 3.76. The van der Waals surface area contributed by atoms with Gasteiger partial charge in [0.15, 0.2) is 5.82 Å². The Labute approximate surface area is 141 Å². The van der Waals surface area contributed by atoms with Crippen LogP contribution in [0.4, 0.5) is 5.82 Å². The van der Waals surface area contributed by atoms with Crippen LogP contribution in [0.15, 0.2) is 24.7 Å².